The molecule has 0 aliphatic carbocycles. The molecule has 0 bridgehead atoms. The van der Waals surface area contributed by atoms with E-state index in [1.807, 2.05) is 36.3 Å². The Morgan fingerprint density at radius 3 is 2.46 bits per heavy atom. The molecule has 0 radical (unpaired) electrons. The molecule has 0 N–H and O–H groups in total. The summed E-state index contributed by atoms with van der Waals surface area (Å²) in [5.41, 5.74) is 2.02. The third-order valence-corrected chi connectivity index (χ3v) is 6.10. The van der Waals surface area contributed by atoms with Crippen molar-refractivity contribution >= 4 is 17.4 Å². The maximum Gasteiger partial charge on any atom is 0.236 e. The number of morpholine rings is 1. The van der Waals surface area contributed by atoms with Crippen molar-refractivity contribution in [3.05, 3.63) is 46.7 Å². The van der Waals surface area contributed by atoms with Crippen LogP contribution >= 0.6 is 11.5 Å². The van der Waals surface area contributed by atoms with E-state index in [0.29, 0.717) is 19.6 Å². The number of rotatable bonds is 4. The number of halogens is 1. The molecule has 2 fully saturated rings. The monoisotopic (exact) mass is 404 g/mol. The van der Waals surface area contributed by atoms with Crippen molar-refractivity contribution in [2.75, 3.05) is 32.7 Å². The number of hydrogen-bond donors (Lipinski definition) is 0. The summed E-state index contributed by atoms with van der Waals surface area (Å²) in [6.45, 7) is 7.15. The molecule has 3 heterocycles. The minimum atomic E-state index is -0.240. The molecule has 0 unspecified atom stereocenters. The Hall–Kier alpha value is -1.90. The van der Waals surface area contributed by atoms with Crippen LogP contribution < -0.4 is 0 Å². The van der Waals surface area contributed by atoms with E-state index in [0.717, 1.165) is 24.3 Å². The highest BCUT2D eigenvalue weighted by molar-refractivity contribution is 7.03. The fraction of sp³-hybridized carbons (Fsp3) is 0.550. The van der Waals surface area contributed by atoms with Gasteiger partial charge < -0.3 is 9.64 Å². The maximum absolute atomic E-state index is 13.4. The molecule has 2 aliphatic rings. The van der Waals surface area contributed by atoms with Crippen LogP contribution in [-0.4, -0.2) is 70.2 Å². The summed E-state index contributed by atoms with van der Waals surface area (Å²) in [5, 5.41) is 6.24. The van der Waals surface area contributed by atoms with Crippen LogP contribution in [0.2, 0.25) is 0 Å². The highest BCUT2D eigenvalue weighted by atomic mass is 32.1. The predicted octanol–water partition coefficient (Wildman–Crippen LogP) is 2.50. The van der Waals surface area contributed by atoms with Crippen molar-refractivity contribution in [1.29, 1.82) is 0 Å². The molecule has 0 saturated carbocycles. The van der Waals surface area contributed by atoms with Gasteiger partial charge in [-0.3, -0.25) is 9.69 Å². The van der Waals surface area contributed by atoms with Gasteiger partial charge in [0.1, 0.15) is 5.82 Å². The second kappa shape index (κ2) is 8.23. The van der Waals surface area contributed by atoms with Crippen LogP contribution in [0.25, 0.3) is 0 Å². The van der Waals surface area contributed by atoms with Crippen LogP contribution in [0.5, 0.6) is 0 Å². The second-order valence-electron chi connectivity index (χ2n) is 7.84. The lowest BCUT2D eigenvalue weighted by atomic mass is 9.87. The lowest BCUT2D eigenvalue weighted by molar-refractivity contribution is -0.144. The van der Waals surface area contributed by atoms with E-state index in [-0.39, 0.29) is 35.8 Å². The van der Waals surface area contributed by atoms with Gasteiger partial charge in [0.05, 0.1) is 24.4 Å². The molecule has 2 aliphatic heterocycles. The fourth-order valence-electron chi connectivity index (χ4n) is 4.37. The van der Waals surface area contributed by atoms with Gasteiger partial charge in [0.2, 0.25) is 5.91 Å². The van der Waals surface area contributed by atoms with Gasteiger partial charge >= 0.3 is 0 Å². The van der Waals surface area contributed by atoms with Crippen LogP contribution in [0.3, 0.4) is 0 Å². The number of hydrogen-bond acceptors (Lipinski definition) is 6. The van der Waals surface area contributed by atoms with E-state index >= 15 is 0 Å². The number of nitrogens with zero attached hydrogens (tertiary/aromatic N) is 4. The SMILES string of the molecule is C[C@H]1CN(C(=O)CN2C[C@H](c3ccc(F)cc3)[C@@H](c3csnn3)C2)C[C@H](C)O1. The van der Waals surface area contributed by atoms with Gasteiger partial charge in [-0.05, 0) is 43.1 Å². The third-order valence-electron chi connectivity index (χ3n) is 5.58. The topological polar surface area (TPSA) is 58.6 Å². The van der Waals surface area contributed by atoms with Crippen molar-refractivity contribution < 1.29 is 13.9 Å². The molecule has 2 aromatic rings. The number of likely N-dealkylation sites (tertiary alicyclic amines) is 1. The average Bonchev–Trinajstić information content (AvgIpc) is 3.31. The van der Waals surface area contributed by atoms with E-state index in [1.165, 1.54) is 23.7 Å². The highest BCUT2D eigenvalue weighted by Gasteiger charge is 2.38. The van der Waals surface area contributed by atoms with Crippen molar-refractivity contribution in [2.24, 2.45) is 0 Å². The molecule has 8 heteroatoms. The summed E-state index contributed by atoms with van der Waals surface area (Å²) in [4.78, 5) is 17.0. The number of aromatic nitrogens is 2. The standard InChI is InChI=1S/C20H25FN4O2S/c1-13-7-25(8-14(2)27-13)20(26)11-24-9-17(15-3-5-16(21)6-4-15)18(10-24)19-12-28-23-22-19/h3-6,12-14,17-18H,7-11H2,1-2H3/t13-,14-,17+,18-/m0/s1. The van der Waals surface area contributed by atoms with Gasteiger partial charge in [0, 0.05) is 43.4 Å². The third kappa shape index (κ3) is 4.24. The molecule has 0 spiro atoms. The Labute approximate surface area is 168 Å². The quantitative estimate of drug-likeness (QED) is 0.784. The van der Waals surface area contributed by atoms with Crippen LogP contribution in [0.15, 0.2) is 29.6 Å². The molecule has 4 atom stereocenters. The fourth-order valence-corrected chi connectivity index (χ4v) is 4.89. The largest absolute Gasteiger partial charge is 0.372 e. The predicted molar refractivity (Wildman–Crippen MR) is 105 cm³/mol. The van der Waals surface area contributed by atoms with Gasteiger partial charge in [-0.1, -0.05) is 16.6 Å². The van der Waals surface area contributed by atoms with Crippen molar-refractivity contribution in [3.63, 3.8) is 0 Å². The number of carbonyl (C=O) groups excluding carboxylic acids is 1. The molecule has 6 nitrogen and oxygen atoms in total. The zero-order chi connectivity index (χ0) is 19.7. The Bertz CT molecular complexity index is 791. The lowest BCUT2D eigenvalue weighted by Gasteiger charge is -2.36. The average molecular weight is 405 g/mol. The minimum Gasteiger partial charge on any atom is -0.372 e. The van der Waals surface area contributed by atoms with E-state index < -0.39 is 0 Å². The minimum absolute atomic E-state index is 0.0621. The van der Waals surface area contributed by atoms with E-state index in [1.54, 1.807) is 0 Å². The van der Waals surface area contributed by atoms with Gasteiger partial charge in [-0.15, -0.1) is 5.10 Å². The lowest BCUT2D eigenvalue weighted by Crippen LogP contribution is -2.50. The Morgan fingerprint density at radius 1 is 1.14 bits per heavy atom. The highest BCUT2D eigenvalue weighted by Crippen LogP contribution is 2.39. The first-order chi connectivity index (χ1) is 13.5. The molecular formula is C20H25FN4O2S. The molecule has 1 aromatic carbocycles. The van der Waals surface area contributed by atoms with Crippen molar-refractivity contribution in [3.8, 4) is 0 Å². The normalized spacial score (nSPS) is 28.6. The second-order valence-corrected chi connectivity index (χ2v) is 8.45. The summed E-state index contributed by atoms with van der Waals surface area (Å²) < 4.78 is 23.1. The first-order valence-corrected chi connectivity index (χ1v) is 10.5. The zero-order valence-corrected chi connectivity index (χ0v) is 16.9. The first kappa shape index (κ1) is 19.4. The van der Waals surface area contributed by atoms with Crippen LogP contribution in [0, 0.1) is 5.82 Å². The van der Waals surface area contributed by atoms with Gasteiger partial charge in [0.15, 0.2) is 0 Å². The summed E-state index contributed by atoms with van der Waals surface area (Å²) >= 11 is 1.34. The van der Waals surface area contributed by atoms with E-state index in [4.69, 9.17) is 4.74 Å². The molecule has 1 amide bonds. The number of amides is 1. The molecule has 1 aromatic heterocycles. The van der Waals surface area contributed by atoms with Crippen LogP contribution in [0.4, 0.5) is 4.39 Å². The first-order valence-electron chi connectivity index (χ1n) is 9.67. The van der Waals surface area contributed by atoms with Crippen LogP contribution in [-0.2, 0) is 9.53 Å². The summed E-state index contributed by atoms with van der Waals surface area (Å²) in [7, 11) is 0. The Morgan fingerprint density at radius 2 is 1.82 bits per heavy atom. The van der Waals surface area contributed by atoms with Crippen LogP contribution in [0.1, 0.15) is 36.9 Å². The van der Waals surface area contributed by atoms with E-state index in [9.17, 15) is 9.18 Å². The Balaban J connectivity index is 1.48. The molecule has 2 saturated heterocycles. The van der Waals surface area contributed by atoms with Gasteiger partial charge in [-0.25, -0.2) is 4.39 Å². The summed E-state index contributed by atoms with van der Waals surface area (Å²) in [6, 6.07) is 6.67. The smallest absolute Gasteiger partial charge is 0.236 e. The Kier molecular flexibility index (Phi) is 5.70. The molecule has 150 valence electrons. The van der Waals surface area contributed by atoms with Gasteiger partial charge in [-0.2, -0.15) is 0 Å². The number of benzene rings is 1. The molecular weight excluding hydrogens is 379 g/mol. The summed E-state index contributed by atoms with van der Waals surface area (Å²) in [6.07, 6.45) is 0.124. The zero-order valence-electron chi connectivity index (χ0n) is 16.1. The molecule has 4 rings (SSSR count). The van der Waals surface area contributed by atoms with Crippen molar-refractivity contribution in [1.82, 2.24) is 19.4 Å². The van der Waals surface area contributed by atoms with E-state index in [2.05, 4.69) is 14.5 Å². The van der Waals surface area contributed by atoms with Crippen molar-refractivity contribution in [2.45, 2.75) is 37.9 Å². The van der Waals surface area contributed by atoms with Gasteiger partial charge in [0.25, 0.3) is 0 Å². The number of carbonyl (C=O) groups is 1. The molecule has 28 heavy (non-hydrogen) atoms. The maximum atomic E-state index is 13.4. The summed E-state index contributed by atoms with van der Waals surface area (Å²) in [5.74, 6) is 0.215. The number of ether oxygens (including phenoxy) is 1.